The van der Waals surface area contributed by atoms with E-state index in [1.807, 2.05) is 66.4 Å². The van der Waals surface area contributed by atoms with E-state index < -0.39 is 0 Å². The lowest BCUT2D eigenvalue weighted by Crippen LogP contribution is -2.48. The number of amides is 2. The summed E-state index contributed by atoms with van der Waals surface area (Å²) in [5.74, 6) is 0.338. The van der Waals surface area contributed by atoms with E-state index in [-0.39, 0.29) is 11.8 Å². The molecule has 0 unspecified atom stereocenters. The smallest absolute Gasteiger partial charge is 0.289 e. The van der Waals surface area contributed by atoms with Crippen molar-refractivity contribution in [3.05, 3.63) is 60.4 Å². The highest BCUT2D eigenvalue weighted by atomic mass is 16.3. The second kappa shape index (κ2) is 7.76. The number of para-hydroxylation sites is 1. The number of nitrogens with zero attached hydrogens (tertiary/aromatic N) is 2. The van der Waals surface area contributed by atoms with E-state index >= 15 is 0 Å². The Bertz CT molecular complexity index is 953. The molecule has 28 heavy (non-hydrogen) atoms. The molecule has 0 bridgehead atoms. The standard InChI is InChI=1S/C22H23N3O3/c1-2-21(26)23-17-7-9-18(10-8-17)24-11-13-25(14-12-24)22(27)20-15-16-5-3-4-6-19(16)28-20/h3-10,15H,2,11-14H2,1H3,(H,23,26). The fraction of sp³-hybridized carbons (Fsp3) is 0.273. The molecular weight excluding hydrogens is 354 g/mol. The number of hydrogen-bond acceptors (Lipinski definition) is 4. The molecule has 3 aromatic rings. The molecule has 2 aromatic carbocycles. The Kier molecular flexibility index (Phi) is 5.02. The van der Waals surface area contributed by atoms with Crippen LogP contribution in [-0.4, -0.2) is 42.9 Å². The summed E-state index contributed by atoms with van der Waals surface area (Å²) < 4.78 is 5.71. The van der Waals surface area contributed by atoms with Crippen LogP contribution >= 0.6 is 0 Å². The molecule has 4 rings (SSSR count). The van der Waals surface area contributed by atoms with Crippen LogP contribution in [0, 0.1) is 0 Å². The van der Waals surface area contributed by atoms with E-state index in [4.69, 9.17) is 4.42 Å². The number of piperazine rings is 1. The van der Waals surface area contributed by atoms with Gasteiger partial charge in [-0.25, -0.2) is 0 Å². The number of nitrogens with one attached hydrogen (secondary N) is 1. The summed E-state index contributed by atoms with van der Waals surface area (Å²) in [5.41, 5.74) is 2.62. The van der Waals surface area contributed by atoms with Gasteiger partial charge in [0, 0.05) is 49.4 Å². The third-order valence-electron chi connectivity index (χ3n) is 5.04. The summed E-state index contributed by atoms with van der Waals surface area (Å²) in [6.45, 7) is 4.63. The lowest BCUT2D eigenvalue weighted by Gasteiger charge is -2.35. The SMILES string of the molecule is CCC(=O)Nc1ccc(N2CCN(C(=O)c3cc4ccccc4o3)CC2)cc1. The van der Waals surface area contributed by atoms with Gasteiger partial charge in [-0.15, -0.1) is 0 Å². The number of anilines is 2. The van der Waals surface area contributed by atoms with Gasteiger partial charge in [-0.05, 0) is 36.4 Å². The number of fused-ring (bicyclic) bond motifs is 1. The van der Waals surface area contributed by atoms with E-state index in [1.54, 1.807) is 0 Å². The Hall–Kier alpha value is -3.28. The lowest BCUT2D eigenvalue weighted by atomic mass is 10.2. The summed E-state index contributed by atoms with van der Waals surface area (Å²) in [6.07, 6.45) is 0.461. The van der Waals surface area contributed by atoms with E-state index in [9.17, 15) is 9.59 Å². The zero-order chi connectivity index (χ0) is 19.5. The Morgan fingerprint density at radius 2 is 1.71 bits per heavy atom. The topological polar surface area (TPSA) is 65.8 Å². The van der Waals surface area contributed by atoms with Gasteiger partial charge >= 0.3 is 0 Å². The molecule has 1 fully saturated rings. The Morgan fingerprint density at radius 3 is 2.39 bits per heavy atom. The third-order valence-corrected chi connectivity index (χ3v) is 5.04. The maximum absolute atomic E-state index is 12.8. The molecule has 1 saturated heterocycles. The van der Waals surface area contributed by atoms with Crippen molar-refractivity contribution in [3.63, 3.8) is 0 Å². The molecule has 2 heterocycles. The first kappa shape index (κ1) is 18.1. The van der Waals surface area contributed by atoms with Crippen LogP contribution in [0.15, 0.2) is 59.0 Å². The van der Waals surface area contributed by atoms with Gasteiger partial charge in [-0.2, -0.15) is 0 Å². The van der Waals surface area contributed by atoms with Gasteiger partial charge in [-0.3, -0.25) is 9.59 Å². The van der Waals surface area contributed by atoms with Crippen LogP contribution < -0.4 is 10.2 Å². The first-order valence-electron chi connectivity index (χ1n) is 9.57. The maximum Gasteiger partial charge on any atom is 0.289 e. The van der Waals surface area contributed by atoms with Crippen molar-refractivity contribution in [2.45, 2.75) is 13.3 Å². The summed E-state index contributed by atoms with van der Waals surface area (Å²) in [6, 6.07) is 17.3. The molecule has 1 aromatic heterocycles. The first-order valence-corrected chi connectivity index (χ1v) is 9.57. The van der Waals surface area contributed by atoms with Crippen LogP contribution in [0.5, 0.6) is 0 Å². The minimum absolute atomic E-state index is 0.00506. The monoisotopic (exact) mass is 377 g/mol. The lowest BCUT2D eigenvalue weighted by molar-refractivity contribution is -0.115. The second-order valence-corrected chi connectivity index (χ2v) is 6.88. The number of hydrogen-bond donors (Lipinski definition) is 1. The fourth-order valence-electron chi connectivity index (χ4n) is 3.42. The zero-order valence-corrected chi connectivity index (χ0v) is 15.9. The molecule has 0 radical (unpaired) electrons. The van der Waals surface area contributed by atoms with E-state index in [0.717, 1.165) is 35.4 Å². The van der Waals surface area contributed by atoms with E-state index in [2.05, 4.69) is 10.2 Å². The van der Waals surface area contributed by atoms with Crippen LogP contribution in [0.3, 0.4) is 0 Å². The average molecular weight is 377 g/mol. The van der Waals surface area contributed by atoms with Crippen molar-refractivity contribution >= 4 is 34.2 Å². The molecular formula is C22H23N3O3. The largest absolute Gasteiger partial charge is 0.451 e. The van der Waals surface area contributed by atoms with Crippen LogP contribution in [0.4, 0.5) is 11.4 Å². The zero-order valence-electron chi connectivity index (χ0n) is 15.9. The normalized spacial score (nSPS) is 14.3. The summed E-state index contributed by atoms with van der Waals surface area (Å²) in [7, 11) is 0. The molecule has 144 valence electrons. The molecule has 6 heteroatoms. The molecule has 1 aliphatic rings. The highest BCUT2D eigenvalue weighted by Crippen LogP contribution is 2.23. The highest BCUT2D eigenvalue weighted by molar-refractivity contribution is 5.96. The molecule has 0 atom stereocenters. The Labute approximate surface area is 163 Å². The van der Waals surface area contributed by atoms with Gasteiger partial charge in [0.25, 0.3) is 5.91 Å². The van der Waals surface area contributed by atoms with E-state index in [0.29, 0.717) is 25.3 Å². The predicted octanol–water partition coefficient (Wildman–Crippen LogP) is 3.74. The van der Waals surface area contributed by atoms with Crippen LogP contribution in [0.25, 0.3) is 11.0 Å². The summed E-state index contributed by atoms with van der Waals surface area (Å²) in [5, 5.41) is 3.80. The minimum atomic E-state index is -0.0616. The van der Waals surface area contributed by atoms with E-state index in [1.165, 1.54) is 0 Å². The summed E-state index contributed by atoms with van der Waals surface area (Å²) >= 11 is 0. The molecule has 1 aliphatic heterocycles. The van der Waals surface area contributed by atoms with Crippen molar-refractivity contribution in [3.8, 4) is 0 Å². The Balaban J connectivity index is 1.37. The highest BCUT2D eigenvalue weighted by Gasteiger charge is 2.24. The average Bonchev–Trinajstić information content (AvgIpc) is 3.18. The van der Waals surface area contributed by atoms with Crippen molar-refractivity contribution in [1.82, 2.24) is 4.90 Å². The second-order valence-electron chi connectivity index (χ2n) is 6.88. The molecule has 6 nitrogen and oxygen atoms in total. The molecule has 0 saturated carbocycles. The Morgan fingerprint density at radius 1 is 1.00 bits per heavy atom. The van der Waals surface area contributed by atoms with Crippen molar-refractivity contribution in [2.24, 2.45) is 0 Å². The van der Waals surface area contributed by atoms with Crippen molar-refractivity contribution in [1.29, 1.82) is 0 Å². The summed E-state index contributed by atoms with van der Waals surface area (Å²) in [4.78, 5) is 28.3. The van der Waals surface area contributed by atoms with Gasteiger partial charge in [-0.1, -0.05) is 25.1 Å². The number of carbonyl (C=O) groups excluding carboxylic acids is 2. The third kappa shape index (κ3) is 3.71. The van der Waals surface area contributed by atoms with Gasteiger partial charge < -0.3 is 19.5 Å². The van der Waals surface area contributed by atoms with Crippen LogP contribution in [-0.2, 0) is 4.79 Å². The predicted molar refractivity (Wildman–Crippen MR) is 110 cm³/mol. The van der Waals surface area contributed by atoms with Crippen LogP contribution in [0.2, 0.25) is 0 Å². The molecule has 2 amide bonds. The minimum Gasteiger partial charge on any atom is -0.451 e. The van der Waals surface area contributed by atoms with Crippen LogP contribution in [0.1, 0.15) is 23.9 Å². The van der Waals surface area contributed by atoms with Gasteiger partial charge in [0.15, 0.2) is 5.76 Å². The first-order chi connectivity index (χ1) is 13.6. The molecule has 1 N–H and O–H groups in total. The number of rotatable bonds is 4. The van der Waals surface area contributed by atoms with Crippen molar-refractivity contribution in [2.75, 3.05) is 36.4 Å². The molecule has 0 aliphatic carbocycles. The number of carbonyl (C=O) groups is 2. The van der Waals surface area contributed by atoms with Crippen molar-refractivity contribution < 1.29 is 14.0 Å². The van der Waals surface area contributed by atoms with Gasteiger partial charge in [0.2, 0.25) is 5.91 Å². The number of furan rings is 1. The van der Waals surface area contributed by atoms with Gasteiger partial charge in [0.05, 0.1) is 0 Å². The fourth-order valence-corrected chi connectivity index (χ4v) is 3.42. The number of benzene rings is 2. The quantitative estimate of drug-likeness (QED) is 0.752. The maximum atomic E-state index is 12.8. The van der Waals surface area contributed by atoms with Gasteiger partial charge in [0.1, 0.15) is 5.58 Å². The molecule has 0 spiro atoms.